The number of fused-ring (bicyclic) bond motifs is 1. The number of rotatable bonds is 1. The van der Waals surface area contributed by atoms with E-state index in [9.17, 15) is 9.59 Å². The van der Waals surface area contributed by atoms with Crippen molar-refractivity contribution in [3.8, 4) is 0 Å². The fraction of sp³-hybridized carbons (Fsp3) is 0.600. The maximum absolute atomic E-state index is 11.7. The Morgan fingerprint density at radius 1 is 1.36 bits per heavy atom. The van der Waals surface area contributed by atoms with Gasteiger partial charge >= 0.3 is 0 Å². The van der Waals surface area contributed by atoms with E-state index < -0.39 is 0 Å². The van der Waals surface area contributed by atoms with Gasteiger partial charge in [0.1, 0.15) is 0 Å². The summed E-state index contributed by atoms with van der Waals surface area (Å²) in [6.45, 7) is 5.44. The maximum Gasteiger partial charge on any atom is 0.235 e. The number of amides is 2. The van der Waals surface area contributed by atoms with E-state index in [1.54, 1.807) is 6.08 Å². The third kappa shape index (κ3) is 0.973. The van der Waals surface area contributed by atoms with Gasteiger partial charge in [-0.15, -0.1) is 6.58 Å². The van der Waals surface area contributed by atoms with Crippen LogP contribution in [0.5, 0.6) is 0 Å². The van der Waals surface area contributed by atoms with E-state index in [1.807, 2.05) is 6.92 Å². The molecule has 2 amide bonds. The summed E-state index contributed by atoms with van der Waals surface area (Å²) >= 11 is 0. The Hall–Kier alpha value is -1.16. The molecule has 4 unspecified atom stereocenters. The summed E-state index contributed by atoms with van der Waals surface area (Å²) in [7, 11) is 1.52. The predicted octanol–water partition coefficient (Wildman–Crippen LogP) is 0.191. The molecule has 0 aliphatic carbocycles. The van der Waals surface area contributed by atoms with Crippen LogP contribution in [0.2, 0.25) is 0 Å². The minimum absolute atomic E-state index is 0.128. The van der Waals surface area contributed by atoms with Crippen LogP contribution in [0, 0.1) is 11.8 Å². The second-order valence-electron chi connectivity index (χ2n) is 3.83. The zero-order valence-corrected chi connectivity index (χ0v) is 8.27. The third-order valence-electron chi connectivity index (χ3n) is 3.08. The molecule has 0 aromatic carbocycles. The molecule has 0 saturated carbocycles. The molecule has 76 valence electrons. The summed E-state index contributed by atoms with van der Waals surface area (Å²) < 4.78 is 5.48. The molecule has 2 rings (SSSR count). The Bertz CT molecular complexity index is 312. The lowest BCUT2D eigenvalue weighted by Gasteiger charge is -2.14. The van der Waals surface area contributed by atoms with Crippen LogP contribution in [0.1, 0.15) is 6.92 Å². The summed E-state index contributed by atoms with van der Waals surface area (Å²) in [6.07, 6.45) is 1.10. The minimum atomic E-state index is -0.347. The fourth-order valence-corrected chi connectivity index (χ4v) is 2.32. The Balaban J connectivity index is 2.37. The number of carbonyl (C=O) groups excluding carboxylic acids is 2. The van der Waals surface area contributed by atoms with E-state index in [4.69, 9.17) is 4.74 Å². The van der Waals surface area contributed by atoms with Gasteiger partial charge in [-0.3, -0.25) is 14.5 Å². The highest BCUT2D eigenvalue weighted by Crippen LogP contribution is 2.39. The van der Waals surface area contributed by atoms with Gasteiger partial charge < -0.3 is 4.74 Å². The van der Waals surface area contributed by atoms with Crippen LogP contribution in [0.15, 0.2) is 12.7 Å². The van der Waals surface area contributed by atoms with Gasteiger partial charge in [0.2, 0.25) is 11.8 Å². The molecule has 2 aliphatic heterocycles. The number of imide groups is 1. The second kappa shape index (κ2) is 2.92. The van der Waals surface area contributed by atoms with Crippen LogP contribution in [-0.4, -0.2) is 36.0 Å². The molecule has 0 aromatic rings. The van der Waals surface area contributed by atoms with Gasteiger partial charge in [0.05, 0.1) is 24.0 Å². The number of carbonyl (C=O) groups is 2. The molecule has 2 aliphatic rings. The molecule has 2 saturated heterocycles. The van der Waals surface area contributed by atoms with Gasteiger partial charge in [-0.2, -0.15) is 0 Å². The monoisotopic (exact) mass is 195 g/mol. The van der Waals surface area contributed by atoms with Crippen LogP contribution in [-0.2, 0) is 14.3 Å². The smallest absolute Gasteiger partial charge is 0.235 e. The summed E-state index contributed by atoms with van der Waals surface area (Å²) in [6, 6.07) is 0. The normalized spacial score (nSPS) is 41.7. The average molecular weight is 195 g/mol. The highest BCUT2D eigenvalue weighted by atomic mass is 16.5. The topological polar surface area (TPSA) is 46.6 Å². The van der Waals surface area contributed by atoms with E-state index >= 15 is 0 Å². The standard InChI is InChI=1S/C10H13NO3/c1-4-6-8-7(5(2)14-6)9(12)11(3)10(8)13/h4-8H,1H2,2-3H3. The van der Waals surface area contributed by atoms with Crippen LogP contribution >= 0.6 is 0 Å². The fourth-order valence-electron chi connectivity index (χ4n) is 2.32. The molecule has 2 heterocycles. The number of hydrogen-bond acceptors (Lipinski definition) is 3. The third-order valence-corrected chi connectivity index (χ3v) is 3.08. The van der Waals surface area contributed by atoms with Gasteiger partial charge in [-0.05, 0) is 6.92 Å². The van der Waals surface area contributed by atoms with Crippen molar-refractivity contribution in [1.29, 1.82) is 0 Å². The lowest BCUT2D eigenvalue weighted by molar-refractivity contribution is -0.141. The van der Waals surface area contributed by atoms with Crippen LogP contribution in [0.3, 0.4) is 0 Å². The van der Waals surface area contributed by atoms with E-state index in [2.05, 4.69) is 6.58 Å². The van der Waals surface area contributed by atoms with E-state index in [0.717, 1.165) is 0 Å². The van der Waals surface area contributed by atoms with Crippen molar-refractivity contribution in [2.24, 2.45) is 11.8 Å². The highest BCUT2D eigenvalue weighted by molar-refractivity contribution is 6.05. The summed E-state index contributed by atoms with van der Waals surface area (Å²) in [4.78, 5) is 24.5. The number of hydrogen-bond donors (Lipinski definition) is 0. The summed E-state index contributed by atoms with van der Waals surface area (Å²) in [5, 5.41) is 0. The molecule has 0 N–H and O–H groups in total. The molecule has 2 fully saturated rings. The van der Waals surface area contributed by atoms with Gasteiger partial charge in [0.15, 0.2) is 0 Å². The Labute approximate surface area is 82.5 Å². The van der Waals surface area contributed by atoms with Crippen molar-refractivity contribution in [2.45, 2.75) is 19.1 Å². The zero-order valence-electron chi connectivity index (χ0n) is 8.27. The van der Waals surface area contributed by atoms with Crippen molar-refractivity contribution in [1.82, 2.24) is 4.90 Å². The number of likely N-dealkylation sites (tertiary alicyclic amines) is 1. The molecule has 4 nitrogen and oxygen atoms in total. The first-order valence-electron chi connectivity index (χ1n) is 4.67. The van der Waals surface area contributed by atoms with Crippen molar-refractivity contribution >= 4 is 11.8 Å². The molecule has 0 bridgehead atoms. The predicted molar refractivity (Wildman–Crippen MR) is 49.3 cm³/mol. The maximum atomic E-state index is 11.7. The molecule has 0 spiro atoms. The van der Waals surface area contributed by atoms with Gasteiger partial charge in [-0.1, -0.05) is 6.08 Å². The van der Waals surface area contributed by atoms with E-state index in [0.29, 0.717) is 0 Å². The Morgan fingerprint density at radius 2 is 1.93 bits per heavy atom. The SMILES string of the molecule is C=CC1OC(C)C2C(=O)N(C)C(=O)C12. The molecule has 4 atom stereocenters. The molecular formula is C10H13NO3. The first-order valence-corrected chi connectivity index (χ1v) is 4.67. The average Bonchev–Trinajstić information content (AvgIpc) is 2.60. The van der Waals surface area contributed by atoms with Crippen molar-refractivity contribution in [2.75, 3.05) is 7.05 Å². The quantitative estimate of drug-likeness (QED) is 0.443. The van der Waals surface area contributed by atoms with Crippen molar-refractivity contribution in [3.63, 3.8) is 0 Å². The lowest BCUT2D eigenvalue weighted by Crippen LogP contribution is -2.31. The number of ether oxygens (including phenoxy) is 1. The molecular weight excluding hydrogens is 182 g/mol. The molecule has 0 radical (unpaired) electrons. The first kappa shape index (κ1) is 9.40. The Morgan fingerprint density at radius 3 is 2.50 bits per heavy atom. The highest BCUT2D eigenvalue weighted by Gasteiger charge is 2.56. The minimum Gasteiger partial charge on any atom is -0.370 e. The molecule has 14 heavy (non-hydrogen) atoms. The first-order chi connectivity index (χ1) is 6.57. The lowest BCUT2D eigenvalue weighted by atomic mass is 9.90. The van der Waals surface area contributed by atoms with Gasteiger partial charge in [0, 0.05) is 7.05 Å². The largest absolute Gasteiger partial charge is 0.370 e. The summed E-state index contributed by atoms with van der Waals surface area (Å²) in [5.74, 6) is -0.929. The van der Waals surface area contributed by atoms with Crippen LogP contribution in [0.4, 0.5) is 0 Å². The second-order valence-corrected chi connectivity index (χ2v) is 3.83. The van der Waals surface area contributed by atoms with Crippen LogP contribution < -0.4 is 0 Å². The van der Waals surface area contributed by atoms with Crippen molar-refractivity contribution in [3.05, 3.63) is 12.7 Å². The number of nitrogens with zero attached hydrogens (tertiary/aromatic N) is 1. The summed E-state index contributed by atoms with van der Waals surface area (Å²) in [5.41, 5.74) is 0. The Kier molecular flexibility index (Phi) is 1.96. The van der Waals surface area contributed by atoms with Gasteiger partial charge in [0.25, 0.3) is 0 Å². The van der Waals surface area contributed by atoms with E-state index in [1.165, 1.54) is 11.9 Å². The van der Waals surface area contributed by atoms with Crippen molar-refractivity contribution < 1.29 is 14.3 Å². The van der Waals surface area contributed by atoms with Gasteiger partial charge in [-0.25, -0.2) is 0 Å². The molecule has 0 aromatic heterocycles. The van der Waals surface area contributed by atoms with Crippen LogP contribution in [0.25, 0.3) is 0 Å². The van der Waals surface area contributed by atoms with E-state index in [-0.39, 0.29) is 35.9 Å². The molecule has 4 heteroatoms. The zero-order chi connectivity index (χ0) is 10.5.